The van der Waals surface area contributed by atoms with Gasteiger partial charge in [0.2, 0.25) is 5.88 Å². The zero-order chi connectivity index (χ0) is 25.2. The van der Waals surface area contributed by atoms with E-state index >= 15 is 0 Å². The first-order valence-corrected chi connectivity index (χ1v) is 12.2. The van der Waals surface area contributed by atoms with E-state index in [1.165, 1.54) is 60.2 Å². The molecule has 0 spiro atoms. The second kappa shape index (κ2) is 9.77. The van der Waals surface area contributed by atoms with Gasteiger partial charge >= 0.3 is 0 Å². The number of amides is 1. The fraction of sp³-hybridized carbons (Fsp3) is 0.125. The summed E-state index contributed by atoms with van der Waals surface area (Å²) in [4.78, 5) is 12.8. The van der Waals surface area contributed by atoms with E-state index in [1.54, 1.807) is 25.2 Å². The van der Waals surface area contributed by atoms with Gasteiger partial charge in [-0.2, -0.15) is 0 Å². The number of methoxy groups -OCH3 is 1. The summed E-state index contributed by atoms with van der Waals surface area (Å²) in [6, 6.07) is 18.9. The van der Waals surface area contributed by atoms with Gasteiger partial charge in [-0.15, -0.1) is 10.2 Å². The summed E-state index contributed by atoms with van der Waals surface area (Å²) in [5.41, 5.74) is 1.05. The Balaban J connectivity index is 1.68. The molecule has 0 aliphatic heterocycles. The van der Waals surface area contributed by atoms with E-state index in [2.05, 4.69) is 10.2 Å². The van der Waals surface area contributed by atoms with Crippen molar-refractivity contribution in [3.63, 3.8) is 0 Å². The molecule has 11 heteroatoms. The van der Waals surface area contributed by atoms with Gasteiger partial charge in [0.25, 0.3) is 15.9 Å². The minimum absolute atomic E-state index is 0.0373. The van der Waals surface area contributed by atoms with E-state index in [0.29, 0.717) is 21.7 Å². The molecule has 0 radical (unpaired) electrons. The van der Waals surface area contributed by atoms with Gasteiger partial charge in [0, 0.05) is 17.5 Å². The number of aromatic hydroxyl groups is 1. The lowest BCUT2D eigenvalue weighted by Gasteiger charge is -2.23. The van der Waals surface area contributed by atoms with E-state index in [1.807, 2.05) is 6.07 Å². The molecule has 0 bridgehead atoms. The highest BCUT2D eigenvalue weighted by Crippen LogP contribution is 2.37. The summed E-state index contributed by atoms with van der Waals surface area (Å²) in [6.45, 7) is -0.620. The van der Waals surface area contributed by atoms with Gasteiger partial charge in [-0.1, -0.05) is 29.8 Å². The third-order valence-electron chi connectivity index (χ3n) is 5.35. The zero-order valence-corrected chi connectivity index (χ0v) is 20.4. The zero-order valence-electron chi connectivity index (χ0n) is 18.8. The topological polar surface area (TPSA) is 114 Å². The highest BCUT2D eigenvalue weighted by atomic mass is 35.5. The van der Waals surface area contributed by atoms with Crippen LogP contribution in [0.25, 0.3) is 10.9 Å². The number of azo groups is 1. The normalized spacial score (nSPS) is 11.7. The smallest absolute Gasteiger partial charge is 0.285 e. The molecule has 0 unspecified atom stereocenters. The first-order valence-electron chi connectivity index (χ1n) is 10.4. The summed E-state index contributed by atoms with van der Waals surface area (Å²) in [7, 11) is -1.02. The van der Waals surface area contributed by atoms with E-state index in [4.69, 9.17) is 16.3 Å². The summed E-state index contributed by atoms with van der Waals surface area (Å²) in [6.07, 6.45) is 0. The number of halogens is 1. The van der Waals surface area contributed by atoms with Crippen LogP contribution in [0.2, 0.25) is 5.02 Å². The number of carbonyl (C=O) groups is 1. The monoisotopic (exact) mass is 512 g/mol. The van der Waals surface area contributed by atoms with E-state index in [-0.39, 0.29) is 22.2 Å². The number of hydrogen-bond donors (Lipinski definition) is 1. The fourth-order valence-corrected chi connectivity index (χ4v) is 5.06. The summed E-state index contributed by atoms with van der Waals surface area (Å²) in [5, 5.41) is 19.1. The van der Waals surface area contributed by atoms with Crippen molar-refractivity contribution in [2.45, 2.75) is 4.90 Å². The molecule has 0 saturated carbocycles. The highest BCUT2D eigenvalue weighted by Gasteiger charge is 2.27. The predicted molar refractivity (Wildman–Crippen MR) is 133 cm³/mol. The Morgan fingerprint density at radius 2 is 1.71 bits per heavy atom. The predicted octanol–water partition coefficient (Wildman–Crippen LogP) is 5.05. The van der Waals surface area contributed by atoms with Crippen LogP contribution in [0.4, 0.5) is 11.4 Å². The van der Waals surface area contributed by atoms with Gasteiger partial charge < -0.3 is 14.4 Å². The maximum atomic E-state index is 13.4. The second-order valence-corrected chi connectivity index (χ2v) is 9.80. The Kier molecular flexibility index (Phi) is 6.77. The molecule has 1 N–H and O–H groups in total. The molecule has 4 aromatic rings. The number of hydrogen-bond acceptors (Lipinski definition) is 6. The lowest BCUT2D eigenvalue weighted by atomic mass is 10.2. The number of nitrogens with zero attached hydrogens (tertiary/aromatic N) is 4. The largest absolute Gasteiger partial charge is 0.497 e. The van der Waals surface area contributed by atoms with Crippen molar-refractivity contribution in [2.75, 3.05) is 18.0 Å². The van der Waals surface area contributed by atoms with Gasteiger partial charge in [0.15, 0.2) is 5.69 Å². The second-order valence-electron chi connectivity index (χ2n) is 7.51. The van der Waals surface area contributed by atoms with Crippen LogP contribution >= 0.6 is 11.6 Å². The number of rotatable bonds is 7. The van der Waals surface area contributed by atoms with Gasteiger partial charge in [0.05, 0.1) is 23.2 Å². The number of fused-ring (bicyclic) bond motifs is 1. The number of anilines is 1. The molecular weight excluding hydrogens is 492 g/mol. The SMILES string of the molecule is COc1ccc(S(=O)(=O)N(CC(=O)N=Nc2c(O)n(C)c3ccccc23)c2ccc(Cl)cc2)cc1. The molecular formula is C24H21ClN4O5S. The summed E-state index contributed by atoms with van der Waals surface area (Å²) in [5.74, 6) is -0.505. The minimum Gasteiger partial charge on any atom is -0.497 e. The fourth-order valence-electron chi connectivity index (χ4n) is 3.52. The minimum atomic E-state index is -4.15. The molecule has 3 aromatic carbocycles. The molecule has 35 heavy (non-hydrogen) atoms. The average molecular weight is 513 g/mol. The van der Waals surface area contributed by atoms with E-state index < -0.39 is 22.5 Å². The number of benzene rings is 3. The number of aromatic nitrogens is 1. The van der Waals surface area contributed by atoms with E-state index in [0.717, 1.165) is 4.31 Å². The lowest BCUT2D eigenvalue weighted by molar-refractivity contribution is -0.116. The molecule has 1 aromatic heterocycles. The van der Waals surface area contributed by atoms with Crippen LogP contribution in [0, 0.1) is 0 Å². The Bertz CT molecular complexity index is 1510. The third-order valence-corrected chi connectivity index (χ3v) is 7.39. The Labute approximate surface area is 206 Å². The third kappa shape index (κ3) is 4.84. The van der Waals surface area contributed by atoms with Crippen molar-refractivity contribution in [1.82, 2.24) is 4.57 Å². The molecule has 0 aliphatic carbocycles. The van der Waals surface area contributed by atoms with Gasteiger partial charge in [0.1, 0.15) is 12.3 Å². The van der Waals surface area contributed by atoms with Crippen molar-refractivity contribution in [3.8, 4) is 11.6 Å². The highest BCUT2D eigenvalue weighted by molar-refractivity contribution is 7.92. The van der Waals surface area contributed by atoms with E-state index in [9.17, 15) is 18.3 Å². The van der Waals surface area contributed by atoms with Crippen molar-refractivity contribution in [3.05, 3.63) is 77.8 Å². The molecule has 0 fully saturated rings. The van der Waals surface area contributed by atoms with Crippen molar-refractivity contribution in [2.24, 2.45) is 17.3 Å². The maximum Gasteiger partial charge on any atom is 0.285 e. The standard InChI is InChI=1S/C24H21ClN4O5S/c1-28-21-6-4-3-5-20(21)23(24(28)31)27-26-22(30)15-29(17-9-7-16(25)8-10-17)35(32,33)19-13-11-18(34-2)12-14-19/h3-14,31H,15H2,1-2H3. The quantitative estimate of drug-likeness (QED) is 0.348. The molecule has 0 atom stereocenters. The van der Waals surface area contributed by atoms with Gasteiger partial charge in [-0.25, -0.2) is 8.42 Å². The number of sulfonamides is 1. The summed E-state index contributed by atoms with van der Waals surface area (Å²) < 4.78 is 34.4. The van der Waals surface area contributed by atoms with Crippen molar-refractivity contribution < 1.29 is 23.1 Å². The van der Waals surface area contributed by atoms with Crippen LogP contribution < -0.4 is 9.04 Å². The van der Waals surface area contributed by atoms with Gasteiger partial charge in [-0.3, -0.25) is 9.10 Å². The van der Waals surface area contributed by atoms with Crippen LogP contribution in [0.5, 0.6) is 11.6 Å². The molecule has 1 amide bonds. The Morgan fingerprint density at radius 3 is 2.37 bits per heavy atom. The molecule has 180 valence electrons. The lowest BCUT2D eigenvalue weighted by Crippen LogP contribution is -2.35. The maximum absolute atomic E-state index is 13.4. The first-order chi connectivity index (χ1) is 16.7. The molecule has 0 aliphatic rings. The Hall–Kier alpha value is -3.89. The number of ether oxygens (including phenoxy) is 1. The summed E-state index contributed by atoms with van der Waals surface area (Å²) >= 11 is 5.96. The van der Waals surface area contributed by atoms with Crippen LogP contribution in [0.15, 0.2) is 87.9 Å². The Morgan fingerprint density at radius 1 is 1.06 bits per heavy atom. The van der Waals surface area contributed by atoms with Crippen molar-refractivity contribution in [1.29, 1.82) is 0 Å². The van der Waals surface area contributed by atoms with Crippen LogP contribution in [-0.2, 0) is 21.9 Å². The number of aryl methyl sites for hydroxylation is 1. The number of para-hydroxylation sites is 1. The number of carbonyl (C=O) groups excluding carboxylic acids is 1. The average Bonchev–Trinajstić information content (AvgIpc) is 3.11. The van der Waals surface area contributed by atoms with Gasteiger partial charge in [-0.05, 0) is 54.6 Å². The van der Waals surface area contributed by atoms with Crippen LogP contribution in [0.3, 0.4) is 0 Å². The molecule has 9 nitrogen and oxygen atoms in total. The van der Waals surface area contributed by atoms with Crippen LogP contribution in [-0.4, -0.2) is 37.7 Å². The molecule has 0 saturated heterocycles. The molecule has 4 rings (SSSR count). The molecule has 1 heterocycles. The van der Waals surface area contributed by atoms with Crippen molar-refractivity contribution >= 4 is 49.8 Å². The first kappa shape index (κ1) is 24.2. The van der Waals surface area contributed by atoms with Crippen LogP contribution in [0.1, 0.15) is 0 Å².